The summed E-state index contributed by atoms with van der Waals surface area (Å²) >= 11 is 0. The van der Waals surface area contributed by atoms with Gasteiger partial charge in [0.25, 0.3) is 0 Å². The summed E-state index contributed by atoms with van der Waals surface area (Å²) in [4.78, 5) is 11.1. The summed E-state index contributed by atoms with van der Waals surface area (Å²) in [6, 6.07) is 10.4. The zero-order valence-electron chi connectivity index (χ0n) is 11.3. The van der Waals surface area contributed by atoms with Gasteiger partial charge in [0.1, 0.15) is 0 Å². The second kappa shape index (κ2) is 6.92. The molecule has 0 aliphatic heterocycles. The largest absolute Gasteiger partial charge is 0.452 e. The van der Waals surface area contributed by atoms with Gasteiger partial charge in [0, 0.05) is 11.6 Å². The predicted molar refractivity (Wildman–Crippen MR) is 75.1 cm³/mol. The zero-order chi connectivity index (χ0) is 13.5. The van der Waals surface area contributed by atoms with Gasteiger partial charge in [-0.1, -0.05) is 36.8 Å². The van der Waals surface area contributed by atoms with Crippen molar-refractivity contribution in [3.8, 4) is 0 Å². The first-order valence-corrected chi connectivity index (χ1v) is 6.74. The van der Waals surface area contributed by atoms with Crippen molar-refractivity contribution < 1.29 is 9.53 Å². The number of nitrogens with zero attached hydrogens (tertiary/aromatic N) is 1. The summed E-state index contributed by atoms with van der Waals surface area (Å²) in [5.74, 6) is 0.424. The highest BCUT2D eigenvalue weighted by Crippen LogP contribution is 2.25. The minimum Gasteiger partial charge on any atom is -0.452 e. The predicted octanol–water partition coefficient (Wildman–Crippen LogP) is 3.13. The fraction of sp³-hybridized carbons (Fsp3) is 0.467. The van der Waals surface area contributed by atoms with E-state index in [0.717, 1.165) is 31.4 Å². The van der Waals surface area contributed by atoms with Crippen molar-refractivity contribution in [2.24, 2.45) is 11.0 Å². The molecule has 1 aliphatic rings. The molecule has 1 fully saturated rings. The van der Waals surface area contributed by atoms with Crippen LogP contribution in [0, 0.1) is 5.92 Å². The molecule has 19 heavy (non-hydrogen) atoms. The maximum atomic E-state index is 11.1. The summed E-state index contributed by atoms with van der Waals surface area (Å²) in [6.45, 7) is 0. The second-order valence-corrected chi connectivity index (χ2v) is 4.84. The van der Waals surface area contributed by atoms with E-state index < -0.39 is 6.09 Å². The number of ether oxygens (including phenoxy) is 1. The van der Waals surface area contributed by atoms with Crippen molar-refractivity contribution in [3.63, 3.8) is 0 Å². The summed E-state index contributed by atoms with van der Waals surface area (Å²) < 4.78 is 4.54. The highest BCUT2D eigenvalue weighted by molar-refractivity contribution is 5.88. The molecule has 0 heterocycles. The number of benzene rings is 1. The van der Waals surface area contributed by atoms with Crippen LogP contribution in [-0.2, 0) is 11.2 Å². The third-order valence-electron chi connectivity index (χ3n) is 3.51. The maximum Gasteiger partial charge on any atom is 0.427 e. The lowest BCUT2D eigenvalue weighted by Gasteiger charge is -2.24. The Morgan fingerprint density at radius 2 is 2.16 bits per heavy atom. The molecule has 1 amide bonds. The van der Waals surface area contributed by atoms with Crippen LogP contribution < -0.4 is 5.43 Å². The second-order valence-electron chi connectivity index (χ2n) is 4.84. The van der Waals surface area contributed by atoms with Gasteiger partial charge in [-0.3, -0.25) is 0 Å². The third-order valence-corrected chi connectivity index (χ3v) is 3.51. The molecule has 2 rings (SSSR count). The molecule has 0 saturated heterocycles. The molecule has 1 saturated carbocycles. The van der Waals surface area contributed by atoms with E-state index in [-0.39, 0.29) is 0 Å². The number of hydrazone groups is 1. The summed E-state index contributed by atoms with van der Waals surface area (Å²) in [7, 11) is 1.35. The molecule has 1 aliphatic carbocycles. The molecular weight excluding hydrogens is 240 g/mol. The topological polar surface area (TPSA) is 50.7 Å². The SMILES string of the molecule is COC(=O)NN=C1CCCCC1Cc1ccccc1. The Balaban J connectivity index is 2.01. The smallest absolute Gasteiger partial charge is 0.427 e. The van der Waals surface area contributed by atoms with Crippen molar-refractivity contribution in [2.75, 3.05) is 7.11 Å². The Bertz CT molecular complexity index is 443. The van der Waals surface area contributed by atoms with Crippen LogP contribution in [0.1, 0.15) is 31.2 Å². The number of amides is 1. The molecule has 1 N–H and O–H groups in total. The fourth-order valence-corrected chi connectivity index (χ4v) is 2.50. The van der Waals surface area contributed by atoms with Crippen molar-refractivity contribution in [2.45, 2.75) is 32.1 Å². The first kappa shape index (κ1) is 13.6. The van der Waals surface area contributed by atoms with Crippen LogP contribution in [0.2, 0.25) is 0 Å². The lowest BCUT2D eigenvalue weighted by molar-refractivity contribution is 0.171. The van der Waals surface area contributed by atoms with Crippen LogP contribution in [0.3, 0.4) is 0 Å². The van der Waals surface area contributed by atoms with E-state index in [0.29, 0.717) is 5.92 Å². The van der Waals surface area contributed by atoms with Crippen LogP contribution in [0.15, 0.2) is 35.4 Å². The number of carbonyl (C=O) groups excluding carboxylic acids is 1. The summed E-state index contributed by atoms with van der Waals surface area (Å²) in [5, 5.41) is 4.22. The van der Waals surface area contributed by atoms with Crippen molar-refractivity contribution in [3.05, 3.63) is 35.9 Å². The van der Waals surface area contributed by atoms with Gasteiger partial charge in [-0.2, -0.15) is 5.10 Å². The van der Waals surface area contributed by atoms with Gasteiger partial charge >= 0.3 is 6.09 Å². The van der Waals surface area contributed by atoms with E-state index in [9.17, 15) is 4.79 Å². The average molecular weight is 260 g/mol. The first-order chi connectivity index (χ1) is 9.29. The molecule has 0 aromatic heterocycles. The van der Waals surface area contributed by atoms with Crippen molar-refractivity contribution >= 4 is 11.8 Å². The number of hydrogen-bond acceptors (Lipinski definition) is 3. The molecule has 0 spiro atoms. The molecule has 4 heteroatoms. The standard InChI is InChI=1S/C15H20N2O2/c1-19-15(18)17-16-14-10-6-5-9-13(14)11-12-7-3-2-4-8-12/h2-4,7-8,13H,5-6,9-11H2,1H3,(H,17,18). The van der Waals surface area contributed by atoms with E-state index in [4.69, 9.17) is 0 Å². The Hall–Kier alpha value is -1.84. The lowest BCUT2D eigenvalue weighted by atomic mass is 9.83. The van der Waals surface area contributed by atoms with Gasteiger partial charge in [0.15, 0.2) is 0 Å². The number of methoxy groups -OCH3 is 1. The minimum atomic E-state index is -0.503. The Morgan fingerprint density at radius 1 is 1.37 bits per heavy atom. The Kier molecular flexibility index (Phi) is 4.95. The van der Waals surface area contributed by atoms with Crippen LogP contribution in [0.4, 0.5) is 4.79 Å². The van der Waals surface area contributed by atoms with Gasteiger partial charge in [-0.25, -0.2) is 10.2 Å². The van der Waals surface area contributed by atoms with Crippen LogP contribution in [0.5, 0.6) is 0 Å². The quantitative estimate of drug-likeness (QED) is 0.849. The van der Waals surface area contributed by atoms with Gasteiger partial charge in [0.2, 0.25) is 0 Å². The molecule has 1 aromatic rings. The van der Waals surface area contributed by atoms with Gasteiger partial charge in [0.05, 0.1) is 7.11 Å². The molecule has 0 bridgehead atoms. The molecule has 1 aromatic carbocycles. The van der Waals surface area contributed by atoms with Crippen LogP contribution in [0.25, 0.3) is 0 Å². The van der Waals surface area contributed by atoms with Gasteiger partial charge in [-0.15, -0.1) is 0 Å². The fourth-order valence-electron chi connectivity index (χ4n) is 2.50. The van der Waals surface area contributed by atoms with E-state index >= 15 is 0 Å². The average Bonchev–Trinajstić information content (AvgIpc) is 2.47. The number of carbonyl (C=O) groups is 1. The number of hydrogen-bond donors (Lipinski definition) is 1. The number of nitrogens with one attached hydrogen (secondary N) is 1. The minimum absolute atomic E-state index is 0.424. The van der Waals surface area contributed by atoms with Crippen molar-refractivity contribution in [1.82, 2.24) is 5.43 Å². The van der Waals surface area contributed by atoms with E-state index in [1.807, 2.05) is 6.07 Å². The highest BCUT2D eigenvalue weighted by atomic mass is 16.5. The first-order valence-electron chi connectivity index (χ1n) is 6.74. The molecule has 0 radical (unpaired) electrons. The van der Waals surface area contributed by atoms with Gasteiger partial charge in [-0.05, 0) is 31.2 Å². The molecular formula is C15H20N2O2. The van der Waals surface area contributed by atoms with Crippen LogP contribution >= 0.6 is 0 Å². The number of rotatable bonds is 3. The van der Waals surface area contributed by atoms with Crippen molar-refractivity contribution in [1.29, 1.82) is 0 Å². The lowest BCUT2D eigenvalue weighted by Crippen LogP contribution is -2.26. The molecule has 1 atom stereocenters. The Labute approximate surface area is 113 Å². The molecule has 4 nitrogen and oxygen atoms in total. The van der Waals surface area contributed by atoms with Crippen LogP contribution in [-0.4, -0.2) is 18.9 Å². The highest BCUT2D eigenvalue weighted by Gasteiger charge is 2.21. The summed E-state index contributed by atoms with van der Waals surface area (Å²) in [6.07, 6.45) is 4.96. The maximum absolute atomic E-state index is 11.1. The van der Waals surface area contributed by atoms with E-state index in [2.05, 4.69) is 39.5 Å². The van der Waals surface area contributed by atoms with Gasteiger partial charge < -0.3 is 4.74 Å². The Morgan fingerprint density at radius 3 is 2.89 bits per heavy atom. The molecule has 102 valence electrons. The third kappa shape index (κ3) is 4.09. The monoisotopic (exact) mass is 260 g/mol. The summed E-state index contributed by atoms with van der Waals surface area (Å²) in [5.41, 5.74) is 4.85. The zero-order valence-corrected chi connectivity index (χ0v) is 11.3. The normalized spacial score (nSPS) is 21.1. The van der Waals surface area contributed by atoms with E-state index in [1.54, 1.807) is 0 Å². The van der Waals surface area contributed by atoms with E-state index in [1.165, 1.54) is 19.1 Å². The molecule has 1 unspecified atom stereocenters.